The number of nitrogens with zero attached hydrogens (tertiary/aromatic N) is 5. The summed E-state index contributed by atoms with van der Waals surface area (Å²) in [5.41, 5.74) is 5.16. The molecule has 0 radical (unpaired) electrons. The van der Waals surface area contributed by atoms with Crippen molar-refractivity contribution in [3.8, 4) is 22.8 Å². The van der Waals surface area contributed by atoms with Crippen LogP contribution in [0.5, 0.6) is 5.88 Å². The van der Waals surface area contributed by atoms with Crippen LogP contribution in [-0.2, 0) is 12.0 Å². The average molecular weight is 474 g/mol. The van der Waals surface area contributed by atoms with Crippen LogP contribution in [0.3, 0.4) is 0 Å². The maximum absolute atomic E-state index is 13.5. The highest BCUT2D eigenvalue weighted by Gasteiger charge is 2.20. The average Bonchev–Trinajstić information content (AvgIpc) is 3.21. The number of aromatic nitrogens is 5. The molecule has 0 spiro atoms. The molecule has 0 atom stereocenters. The topological polar surface area (TPSA) is 95.9 Å². The molecule has 0 unspecified atom stereocenters. The van der Waals surface area contributed by atoms with Gasteiger partial charge in [0.05, 0.1) is 16.9 Å². The van der Waals surface area contributed by atoms with Crippen LogP contribution in [0, 0.1) is 34.6 Å². The summed E-state index contributed by atoms with van der Waals surface area (Å²) in [4.78, 5) is 31.7. The molecule has 3 heterocycles. The van der Waals surface area contributed by atoms with E-state index in [9.17, 15) is 4.79 Å². The van der Waals surface area contributed by atoms with E-state index < -0.39 is 0 Å². The lowest BCUT2D eigenvalue weighted by Gasteiger charge is -2.19. The molecule has 0 saturated heterocycles. The van der Waals surface area contributed by atoms with Crippen LogP contribution in [0.15, 0.2) is 39.9 Å². The summed E-state index contributed by atoms with van der Waals surface area (Å²) >= 11 is 0. The van der Waals surface area contributed by atoms with Gasteiger partial charge in [0, 0.05) is 24.1 Å². The van der Waals surface area contributed by atoms with Crippen molar-refractivity contribution in [2.24, 2.45) is 0 Å². The molecule has 8 nitrogen and oxygen atoms in total. The monoisotopic (exact) mass is 473 g/mol. The second-order valence-electron chi connectivity index (χ2n) is 9.85. The standard InChI is InChI=1S/C27H31N5O3/c1-15-9-10-20(23-16(2)12-28-26(31-23)27(6,7)8)11-22(15)32-18(4)29-24(17(3)25(32)33)35-14-21-13-34-19(5)30-21/h9-13H,14H2,1-8H3. The molecular weight excluding hydrogens is 442 g/mol. The van der Waals surface area contributed by atoms with E-state index in [0.717, 1.165) is 33.9 Å². The van der Waals surface area contributed by atoms with Crippen molar-refractivity contribution in [3.63, 3.8) is 0 Å². The second kappa shape index (κ2) is 9.09. The van der Waals surface area contributed by atoms with Gasteiger partial charge in [0.15, 0.2) is 5.89 Å². The number of hydrogen-bond donors (Lipinski definition) is 0. The number of hydrogen-bond acceptors (Lipinski definition) is 7. The third-order valence-electron chi connectivity index (χ3n) is 5.82. The molecule has 4 aromatic rings. The third kappa shape index (κ3) is 4.87. The van der Waals surface area contributed by atoms with Crippen LogP contribution in [0.1, 0.15) is 60.7 Å². The van der Waals surface area contributed by atoms with Crippen molar-refractivity contribution in [2.75, 3.05) is 0 Å². The van der Waals surface area contributed by atoms with Crippen LogP contribution in [0.4, 0.5) is 0 Å². The molecular formula is C27H31N5O3. The highest BCUT2D eigenvalue weighted by molar-refractivity contribution is 5.67. The van der Waals surface area contributed by atoms with Gasteiger partial charge in [0.2, 0.25) is 5.88 Å². The summed E-state index contributed by atoms with van der Waals surface area (Å²) in [7, 11) is 0. The van der Waals surface area contributed by atoms with E-state index in [4.69, 9.17) is 14.1 Å². The first-order chi connectivity index (χ1) is 16.5. The van der Waals surface area contributed by atoms with Crippen molar-refractivity contribution >= 4 is 0 Å². The van der Waals surface area contributed by atoms with Gasteiger partial charge in [-0.2, -0.15) is 4.98 Å². The lowest BCUT2D eigenvalue weighted by molar-refractivity contribution is 0.284. The highest BCUT2D eigenvalue weighted by atomic mass is 16.5. The zero-order valence-corrected chi connectivity index (χ0v) is 21.6. The predicted octanol–water partition coefficient (Wildman–Crippen LogP) is 5.10. The molecule has 0 saturated carbocycles. The van der Waals surface area contributed by atoms with Crippen molar-refractivity contribution in [1.82, 2.24) is 24.5 Å². The Bertz CT molecular complexity index is 1460. The molecule has 4 rings (SSSR count). The molecule has 0 fully saturated rings. The predicted molar refractivity (Wildman–Crippen MR) is 134 cm³/mol. The number of benzene rings is 1. The molecule has 0 aliphatic carbocycles. The van der Waals surface area contributed by atoms with E-state index in [1.165, 1.54) is 6.26 Å². The van der Waals surface area contributed by atoms with Crippen molar-refractivity contribution in [2.45, 2.75) is 67.4 Å². The van der Waals surface area contributed by atoms with Crippen molar-refractivity contribution in [3.05, 3.63) is 80.9 Å². The summed E-state index contributed by atoms with van der Waals surface area (Å²) in [5, 5.41) is 0. The van der Waals surface area contributed by atoms with Gasteiger partial charge in [-0.3, -0.25) is 9.36 Å². The zero-order valence-electron chi connectivity index (χ0n) is 21.6. The van der Waals surface area contributed by atoms with Crippen molar-refractivity contribution in [1.29, 1.82) is 0 Å². The molecule has 35 heavy (non-hydrogen) atoms. The number of oxazole rings is 1. The maximum atomic E-state index is 13.5. The Balaban J connectivity index is 1.76. The van der Waals surface area contributed by atoms with E-state index in [2.05, 4.69) is 35.7 Å². The third-order valence-corrected chi connectivity index (χ3v) is 5.82. The molecule has 0 aliphatic heterocycles. The maximum Gasteiger partial charge on any atom is 0.264 e. The Morgan fingerprint density at radius 1 is 1.00 bits per heavy atom. The Hall–Kier alpha value is -3.81. The van der Waals surface area contributed by atoms with Crippen molar-refractivity contribution < 1.29 is 9.15 Å². The second-order valence-corrected chi connectivity index (χ2v) is 9.85. The van der Waals surface area contributed by atoms with Crippen LogP contribution in [0.25, 0.3) is 16.9 Å². The zero-order chi connectivity index (χ0) is 25.5. The van der Waals surface area contributed by atoms with Gasteiger partial charge < -0.3 is 9.15 Å². The number of rotatable bonds is 5. The fraction of sp³-hybridized carbons (Fsp3) is 0.370. The lowest BCUT2D eigenvalue weighted by atomic mass is 9.95. The van der Waals surface area contributed by atoms with E-state index >= 15 is 0 Å². The van der Waals surface area contributed by atoms with Gasteiger partial charge in [-0.15, -0.1) is 0 Å². The molecule has 3 aromatic heterocycles. The SMILES string of the molecule is Cc1nc(COc2nc(C)n(-c3cc(-c4nc(C(C)(C)C)ncc4C)ccc3C)c(=O)c2C)co1. The molecule has 182 valence electrons. The minimum atomic E-state index is -0.182. The first kappa shape index (κ1) is 24.3. The van der Waals surface area contributed by atoms with E-state index in [1.54, 1.807) is 25.3 Å². The Labute approximate surface area is 205 Å². The van der Waals surface area contributed by atoms with Gasteiger partial charge in [-0.1, -0.05) is 32.9 Å². The summed E-state index contributed by atoms with van der Waals surface area (Å²) in [6, 6.07) is 6.02. The fourth-order valence-electron chi connectivity index (χ4n) is 3.82. The van der Waals surface area contributed by atoms with E-state index in [-0.39, 0.29) is 17.6 Å². The van der Waals surface area contributed by atoms with Crippen LogP contribution < -0.4 is 10.3 Å². The van der Waals surface area contributed by atoms with Crippen LogP contribution >= 0.6 is 0 Å². The van der Waals surface area contributed by atoms with Crippen LogP contribution in [-0.4, -0.2) is 24.5 Å². The van der Waals surface area contributed by atoms with Gasteiger partial charge in [-0.25, -0.2) is 15.0 Å². The summed E-state index contributed by atoms with van der Waals surface area (Å²) in [6.45, 7) is 15.7. The largest absolute Gasteiger partial charge is 0.471 e. The molecule has 0 bridgehead atoms. The quantitative estimate of drug-likeness (QED) is 0.398. The summed E-state index contributed by atoms with van der Waals surface area (Å²) < 4.78 is 12.7. The van der Waals surface area contributed by atoms with E-state index in [0.29, 0.717) is 28.9 Å². The molecule has 8 heteroatoms. The smallest absolute Gasteiger partial charge is 0.264 e. The Morgan fingerprint density at radius 2 is 1.74 bits per heavy atom. The van der Waals surface area contributed by atoms with E-state index in [1.807, 2.05) is 38.2 Å². The van der Waals surface area contributed by atoms with Gasteiger partial charge in [0.1, 0.15) is 30.2 Å². The molecule has 0 N–H and O–H groups in total. The first-order valence-corrected chi connectivity index (χ1v) is 11.5. The van der Waals surface area contributed by atoms with Gasteiger partial charge in [0.25, 0.3) is 5.56 Å². The highest BCUT2D eigenvalue weighted by Crippen LogP contribution is 2.28. The Morgan fingerprint density at radius 3 is 2.40 bits per heavy atom. The Kier molecular flexibility index (Phi) is 6.32. The lowest BCUT2D eigenvalue weighted by Crippen LogP contribution is -2.26. The minimum Gasteiger partial charge on any atom is -0.471 e. The number of ether oxygens (including phenoxy) is 1. The fourth-order valence-corrected chi connectivity index (χ4v) is 3.82. The molecule has 0 amide bonds. The summed E-state index contributed by atoms with van der Waals surface area (Å²) in [6.07, 6.45) is 3.39. The van der Waals surface area contributed by atoms with Gasteiger partial charge >= 0.3 is 0 Å². The molecule has 1 aromatic carbocycles. The first-order valence-electron chi connectivity index (χ1n) is 11.5. The van der Waals surface area contributed by atoms with Gasteiger partial charge in [-0.05, 0) is 44.9 Å². The minimum absolute atomic E-state index is 0.172. The summed E-state index contributed by atoms with van der Waals surface area (Å²) in [5.74, 6) is 2.15. The normalized spacial score (nSPS) is 11.7. The molecule has 0 aliphatic rings. The number of aryl methyl sites for hydroxylation is 4. The van der Waals surface area contributed by atoms with Crippen LogP contribution in [0.2, 0.25) is 0 Å².